The number of ether oxygens (including phenoxy) is 2. The molecule has 0 bridgehead atoms. The van der Waals surface area contributed by atoms with E-state index < -0.39 is 0 Å². The highest BCUT2D eigenvalue weighted by Crippen LogP contribution is 2.10. The van der Waals surface area contributed by atoms with E-state index in [2.05, 4.69) is 32.3 Å². The van der Waals surface area contributed by atoms with Gasteiger partial charge in [-0.25, -0.2) is 0 Å². The molecule has 0 fully saturated rings. The zero-order valence-electron chi connectivity index (χ0n) is 22.4. The topological polar surface area (TPSA) is 21.7 Å². The number of hydrogen-bond donors (Lipinski definition) is 0. The maximum Gasteiger partial charge on any atom is 0.271 e. The van der Waals surface area contributed by atoms with Crippen molar-refractivity contribution in [2.24, 2.45) is 0 Å². The number of unbranched alkanes of at least 4 members (excludes halogenated alkanes) is 15. The minimum Gasteiger partial charge on any atom is -0.466 e. The maximum atomic E-state index is 5.65. The molecule has 0 rings (SSSR count). The predicted octanol–water partition coefficient (Wildman–Crippen LogP) is 9.26. The second kappa shape index (κ2) is 26.6. The molecule has 0 aliphatic heterocycles. The molecule has 192 valence electrons. The molecule has 0 aromatic heterocycles. The molecule has 0 aliphatic rings. The molecule has 0 spiro atoms. The Kier molecular flexibility index (Phi) is 26.0. The second-order valence-corrected chi connectivity index (χ2v) is 9.57. The predicted molar refractivity (Wildman–Crippen MR) is 142 cm³/mol. The van der Waals surface area contributed by atoms with Gasteiger partial charge >= 0.3 is 0 Å². The zero-order chi connectivity index (χ0) is 23.5. The Bertz CT molecular complexity index is 372. The minimum absolute atomic E-state index is 0.516. The molecule has 0 N–H and O–H groups in total. The van der Waals surface area contributed by atoms with Gasteiger partial charge in [0.2, 0.25) is 0 Å². The van der Waals surface area contributed by atoms with Gasteiger partial charge in [0.05, 0.1) is 13.2 Å². The Hall–Kier alpha value is -0.700. The van der Waals surface area contributed by atoms with Crippen LogP contribution < -0.4 is 0 Å². The van der Waals surface area contributed by atoms with Gasteiger partial charge in [0.25, 0.3) is 5.95 Å². The number of hydrogen-bond acceptors (Lipinski definition) is 3. The van der Waals surface area contributed by atoms with Crippen molar-refractivity contribution < 1.29 is 9.47 Å². The third-order valence-electron chi connectivity index (χ3n) is 6.30. The van der Waals surface area contributed by atoms with E-state index in [9.17, 15) is 0 Å². The van der Waals surface area contributed by atoms with Gasteiger partial charge in [-0.05, 0) is 58.3 Å². The van der Waals surface area contributed by atoms with Crippen LogP contribution in [0.1, 0.15) is 143 Å². The van der Waals surface area contributed by atoms with Gasteiger partial charge in [0, 0.05) is 0 Å². The van der Waals surface area contributed by atoms with Crippen molar-refractivity contribution in [3.05, 3.63) is 12.5 Å². The van der Waals surface area contributed by atoms with Crippen molar-refractivity contribution in [1.29, 1.82) is 0 Å². The van der Waals surface area contributed by atoms with E-state index >= 15 is 0 Å². The van der Waals surface area contributed by atoms with E-state index in [0.29, 0.717) is 5.95 Å². The molecule has 0 amide bonds. The highest BCUT2D eigenvalue weighted by atomic mass is 16.7. The van der Waals surface area contributed by atoms with Crippen LogP contribution in [-0.4, -0.2) is 37.7 Å². The van der Waals surface area contributed by atoms with Gasteiger partial charge in [-0.2, -0.15) is 0 Å². The van der Waals surface area contributed by atoms with Gasteiger partial charge < -0.3 is 14.4 Å². The Labute approximate surface area is 202 Å². The molecular formula is C29H59NO2. The number of nitrogens with zero attached hydrogens (tertiary/aromatic N) is 1. The quantitative estimate of drug-likeness (QED) is 0.0913. The molecule has 0 radical (unpaired) electrons. The SMILES string of the molecule is C=C(OCCCCCCCCCC)OCCCCCCN(CCCC)CCCCCCC. The van der Waals surface area contributed by atoms with Crippen LogP contribution in [0.2, 0.25) is 0 Å². The maximum absolute atomic E-state index is 5.65. The largest absolute Gasteiger partial charge is 0.466 e. The highest BCUT2D eigenvalue weighted by molar-refractivity contribution is 4.68. The third-order valence-corrected chi connectivity index (χ3v) is 6.30. The summed E-state index contributed by atoms with van der Waals surface area (Å²) in [5.74, 6) is 0.516. The minimum atomic E-state index is 0.516. The summed E-state index contributed by atoms with van der Waals surface area (Å²) in [5.41, 5.74) is 0. The molecule has 0 aromatic carbocycles. The first-order valence-corrected chi connectivity index (χ1v) is 14.4. The first-order valence-electron chi connectivity index (χ1n) is 14.4. The molecule has 0 aliphatic carbocycles. The lowest BCUT2D eigenvalue weighted by atomic mass is 10.1. The summed E-state index contributed by atoms with van der Waals surface area (Å²) in [6.07, 6.45) is 25.1. The normalized spacial score (nSPS) is 11.2. The summed E-state index contributed by atoms with van der Waals surface area (Å²) in [7, 11) is 0. The Balaban J connectivity index is 3.51. The second-order valence-electron chi connectivity index (χ2n) is 9.57. The molecule has 3 nitrogen and oxygen atoms in total. The fraction of sp³-hybridized carbons (Fsp3) is 0.931. The van der Waals surface area contributed by atoms with Gasteiger partial charge in [-0.3, -0.25) is 0 Å². The van der Waals surface area contributed by atoms with Crippen LogP contribution in [0.5, 0.6) is 0 Å². The molecule has 0 atom stereocenters. The van der Waals surface area contributed by atoms with Crippen LogP contribution >= 0.6 is 0 Å². The van der Waals surface area contributed by atoms with E-state index in [-0.39, 0.29) is 0 Å². The van der Waals surface area contributed by atoms with Crippen molar-refractivity contribution >= 4 is 0 Å². The van der Waals surface area contributed by atoms with E-state index in [1.165, 1.54) is 129 Å². The monoisotopic (exact) mass is 453 g/mol. The molecule has 3 heteroatoms. The van der Waals surface area contributed by atoms with E-state index in [4.69, 9.17) is 9.47 Å². The molecule has 0 saturated carbocycles. The standard InChI is InChI=1S/C29H59NO2/c1-5-8-11-13-14-15-18-22-27-31-29(4)32-28-23-19-17-21-26-30(24-10-7-3)25-20-16-12-9-6-2/h4-28H2,1-3H3. The Morgan fingerprint density at radius 3 is 1.25 bits per heavy atom. The summed E-state index contributed by atoms with van der Waals surface area (Å²) in [6.45, 7) is 16.1. The van der Waals surface area contributed by atoms with Crippen molar-refractivity contribution in [2.45, 2.75) is 143 Å². The van der Waals surface area contributed by atoms with Crippen molar-refractivity contribution in [3.8, 4) is 0 Å². The van der Waals surface area contributed by atoms with Crippen molar-refractivity contribution in [2.75, 3.05) is 32.8 Å². The summed E-state index contributed by atoms with van der Waals surface area (Å²) in [6, 6.07) is 0. The Morgan fingerprint density at radius 1 is 0.469 bits per heavy atom. The highest BCUT2D eigenvalue weighted by Gasteiger charge is 2.04. The van der Waals surface area contributed by atoms with Crippen LogP contribution in [0.25, 0.3) is 0 Å². The average molecular weight is 454 g/mol. The van der Waals surface area contributed by atoms with Crippen molar-refractivity contribution in [3.63, 3.8) is 0 Å². The van der Waals surface area contributed by atoms with Crippen LogP contribution in [0.15, 0.2) is 12.5 Å². The van der Waals surface area contributed by atoms with Crippen LogP contribution in [0.3, 0.4) is 0 Å². The number of rotatable bonds is 27. The molecule has 0 heterocycles. The zero-order valence-corrected chi connectivity index (χ0v) is 22.4. The van der Waals surface area contributed by atoms with Crippen LogP contribution in [-0.2, 0) is 9.47 Å². The van der Waals surface area contributed by atoms with Gasteiger partial charge in [0.1, 0.15) is 0 Å². The molecule has 0 aromatic rings. The smallest absolute Gasteiger partial charge is 0.271 e. The van der Waals surface area contributed by atoms with Gasteiger partial charge in [0.15, 0.2) is 0 Å². The molecule has 0 saturated heterocycles. The summed E-state index contributed by atoms with van der Waals surface area (Å²) in [4.78, 5) is 2.70. The lowest BCUT2D eigenvalue weighted by Gasteiger charge is -2.22. The van der Waals surface area contributed by atoms with Gasteiger partial charge in [-0.15, -0.1) is 0 Å². The van der Waals surface area contributed by atoms with Crippen molar-refractivity contribution in [1.82, 2.24) is 4.90 Å². The summed E-state index contributed by atoms with van der Waals surface area (Å²) < 4.78 is 11.3. The van der Waals surface area contributed by atoms with E-state index in [1.807, 2.05) is 0 Å². The lowest BCUT2D eigenvalue weighted by molar-refractivity contribution is 0.0339. The van der Waals surface area contributed by atoms with Crippen LogP contribution in [0.4, 0.5) is 0 Å². The lowest BCUT2D eigenvalue weighted by Crippen LogP contribution is -2.27. The fourth-order valence-electron chi connectivity index (χ4n) is 4.10. The average Bonchev–Trinajstić information content (AvgIpc) is 2.80. The molecule has 32 heavy (non-hydrogen) atoms. The first-order chi connectivity index (χ1) is 15.7. The van der Waals surface area contributed by atoms with Crippen LogP contribution in [0, 0.1) is 0 Å². The summed E-state index contributed by atoms with van der Waals surface area (Å²) >= 11 is 0. The summed E-state index contributed by atoms with van der Waals surface area (Å²) in [5, 5.41) is 0. The first kappa shape index (κ1) is 31.3. The van der Waals surface area contributed by atoms with Gasteiger partial charge in [-0.1, -0.05) is 111 Å². The van der Waals surface area contributed by atoms with E-state index in [0.717, 1.165) is 26.1 Å². The molecular weight excluding hydrogens is 394 g/mol. The Morgan fingerprint density at radius 2 is 0.812 bits per heavy atom. The van der Waals surface area contributed by atoms with E-state index in [1.54, 1.807) is 0 Å². The molecule has 0 unspecified atom stereocenters. The third kappa shape index (κ3) is 24.0. The fourth-order valence-corrected chi connectivity index (χ4v) is 4.10.